The van der Waals surface area contributed by atoms with Crippen LogP contribution >= 0.6 is 15.9 Å². The molecule has 4 nitrogen and oxygen atoms in total. The number of halogens is 4. The maximum absolute atomic E-state index is 12.1. The van der Waals surface area contributed by atoms with E-state index in [1.54, 1.807) is 19.1 Å². The van der Waals surface area contributed by atoms with Crippen LogP contribution in [-0.4, -0.2) is 16.3 Å². The Kier molecular flexibility index (Phi) is 4.12. The van der Waals surface area contributed by atoms with Gasteiger partial charge in [0.25, 0.3) is 0 Å². The molecule has 0 aliphatic rings. The van der Waals surface area contributed by atoms with Crippen molar-refractivity contribution in [2.75, 3.05) is 5.32 Å². The monoisotopic (exact) mass is 347 g/mol. The van der Waals surface area contributed by atoms with Gasteiger partial charge in [-0.3, -0.25) is 0 Å². The zero-order valence-electron chi connectivity index (χ0n) is 10.2. The van der Waals surface area contributed by atoms with Gasteiger partial charge in [0, 0.05) is 17.8 Å². The Morgan fingerprint density at radius 3 is 2.60 bits per heavy atom. The van der Waals surface area contributed by atoms with Gasteiger partial charge in [-0.15, -0.1) is 13.2 Å². The van der Waals surface area contributed by atoms with Crippen molar-refractivity contribution in [2.24, 2.45) is 0 Å². The number of alkyl halides is 3. The molecular weight excluding hydrogens is 339 g/mol. The molecule has 106 valence electrons. The minimum absolute atomic E-state index is 0.299. The summed E-state index contributed by atoms with van der Waals surface area (Å²) in [4.78, 5) is 8.15. The van der Waals surface area contributed by atoms with E-state index in [-0.39, 0.29) is 5.75 Å². The largest absolute Gasteiger partial charge is 0.573 e. The highest BCUT2D eigenvalue weighted by molar-refractivity contribution is 9.10. The number of aromatic nitrogens is 2. The van der Waals surface area contributed by atoms with E-state index in [1.807, 2.05) is 0 Å². The molecule has 0 bridgehead atoms. The topological polar surface area (TPSA) is 47.0 Å². The molecule has 1 heterocycles. The number of hydrogen-bond donors (Lipinski definition) is 1. The van der Waals surface area contributed by atoms with Gasteiger partial charge < -0.3 is 10.1 Å². The number of nitrogens with one attached hydrogen (secondary N) is 1. The van der Waals surface area contributed by atoms with E-state index in [1.165, 1.54) is 18.2 Å². The summed E-state index contributed by atoms with van der Waals surface area (Å²) in [5.41, 5.74) is 0.428. The lowest BCUT2D eigenvalue weighted by Gasteiger charge is -2.11. The van der Waals surface area contributed by atoms with Crippen molar-refractivity contribution in [2.45, 2.75) is 13.3 Å². The van der Waals surface area contributed by atoms with Gasteiger partial charge in [-0.2, -0.15) is 0 Å². The van der Waals surface area contributed by atoms with Crippen molar-refractivity contribution in [3.8, 4) is 5.75 Å². The molecule has 0 aliphatic carbocycles. The standard InChI is InChI=1S/C12H9BrF3N3O/c1-7-17-10(13)6-11(18-7)19-8-3-2-4-9(5-8)20-12(14,15)16/h2-6H,1H3,(H,17,18,19). The van der Waals surface area contributed by atoms with Gasteiger partial charge in [0.1, 0.15) is 22.0 Å². The van der Waals surface area contributed by atoms with E-state index in [2.05, 4.69) is 36.0 Å². The molecule has 0 aliphatic heterocycles. The molecule has 0 amide bonds. The number of benzene rings is 1. The molecule has 8 heteroatoms. The Labute approximate surface area is 121 Å². The predicted octanol–water partition coefficient (Wildman–Crippen LogP) is 4.19. The Bertz CT molecular complexity index is 599. The molecule has 2 aromatic rings. The number of ether oxygens (including phenoxy) is 1. The molecule has 0 saturated carbocycles. The van der Waals surface area contributed by atoms with Gasteiger partial charge in [-0.1, -0.05) is 6.07 Å². The lowest BCUT2D eigenvalue weighted by atomic mass is 10.3. The first kappa shape index (κ1) is 14.6. The highest BCUT2D eigenvalue weighted by Gasteiger charge is 2.31. The molecule has 0 fully saturated rings. The number of anilines is 2. The van der Waals surface area contributed by atoms with Crippen molar-refractivity contribution in [1.29, 1.82) is 0 Å². The van der Waals surface area contributed by atoms with Gasteiger partial charge in [0.15, 0.2) is 0 Å². The first-order valence-electron chi connectivity index (χ1n) is 5.46. The normalized spacial score (nSPS) is 11.2. The van der Waals surface area contributed by atoms with Crippen molar-refractivity contribution in [3.05, 3.63) is 40.8 Å². The third-order valence-electron chi connectivity index (χ3n) is 2.15. The summed E-state index contributed by atoms with van der Waals surface area (Å²) in [5, 5.41) is 2.88. The minimum Gasteiger partial charge on any atom is -0.406 e. The highest BCUT2D eigenvalue weighted by atomic mass is 79.9. The quantitative estimate of drug-likeness (QED) is 0.845. The Hall–Kier alpha value is -1.83. The molecule has 2 rings (SSSR count). The first-order chi connectivity index (χ1) is 9.32. The van der Waals surface area contributed by atoms with Crippen LogP contribution in [0.3, 0.4) is 0 Å². The second-order valence-corrected chi connectivity index (χ2v) is 4.64. The fourth-order valence-electron chi connectivity index (χ4n) is 1.51. The average molecular weight is 348 g/mol. The predicted molar refractivity (Wildman–Crippen MR) is 70.9 cm³/mol. The van der Waals surface area contributed by atoms with Crippen LogP contribution < -0.4 is 10.1 Å². The summed E-state index contributed by atoms with van der Waals surface area (Å²) in [5.74, 6) is 0.699. The van der Waals surface area contributed by atoms with E-state index in [4.69, 9.17) is 0 Å². The zero-order chi connectivity index (χ0) is 14.8. The molecule has 20 heavy (non-hydrogen) atoms. The minimum atomic E-state index is -4.72. The van der Waals surface area contributed by atoms with Crippen LogP contribution in [0, 0.1) is 6.92 Å². The van der Waals surface area contributed by atoms with E-state index in [9.17, 15) is 13.2 Å². The van der Waals surface area contributed by atoms with Crippen LogP contribution in [0.4, 0.5) is 24.7 Å². The van der Waals surface area contributed by atoms with E-state index < -0.39 is 6.36 Å². The van der Waals surface area contributed by atoms with Crippen molar-refractivity contribution in [3.63, 3.8) is 0 Å². The second-order valence-electron chi connectivity index (χ2n) is 3.82. The van der Waals surface area contributed by atoms with Gasteiger partial charge in [-0.25, -0.2) is 9.97 Å². The summed E-state index contributed by atoms with van der Waals surface area (Å²) >= 11 is 3.22. The van der Waals surface area contributed by atoms with Crippen LogP contribution in [0.2, 0.25) is 0 Å². The van der Waals surface area contributed by atoms with Crippen molar-refractivity contribution < 1.29 is 17.9 Å². The van der Waals surface area contributed by atoms with Crippen LogP contribution in [0.5, 0.6) is 5.75 Å². The molecule has 0 atom stereocenters. The van der Waals surface area contributed by atoms with E-state index in [0.29, 0.717) is 21.9 Å². The fourth-order valence-corrected chi connectivity index (χ4v) is 1.99. The van der Waals surface area contributed by atoms with E-state index >= 15 is 0 Å². The number of nitrogens with zero attached hydrogens (tertiary/aromatic N) is 2. The summed E-state index contributed by atoms with van der Waals surface area (Å²) in [6.45, 7) is 1.71. The molecule has 1 N–H and O–H groups in total. The van der Waals surface area contributed by atoms with Gasteiger partial charge >= 0.3 is 6.36 Å². The third-order valence-corrected chi connectivity index (χ3v) is 2.55. The summed E-state index contributed by atoms with van der Waals surface area (Å²) in [6.07, 6.45) is -4.72. The number of aryl methyl sites for hydroxylation is 1. The zero-order valence-corrected chi connectivity index (χ0v) is 11.8. The maximum Gasteiger partial charge on any atom is 0.573 e. The van der Waals surface area contributed by atoms with Crippen LogP contribution in [0.15, 0.2) is 34.9 Å². The average Bonchev–Trinajstić information content (AvgIpc) is 2.25. The van der Waals surface area contributed by atoms with Crippen LogP contribution in [0.1, 0.15) is 5.82 Å². The van der Waals surface area contributed by atoms with Gasteiger partial charge in [0.2, 0.25) is 0 Å². The summed E-state index contributed by atoms with van der Waals surface area (Å²) in [7, 11) is 0. The summed E-state index contributed by atoms with van der Waals surface area (Å²) in [6, 6.07) is 7.13. The first-order valence-corrected chi connectivity index (χ1v) is 6.25. The Morgan fingerprint density at radius 1 is 1.20 bits per heavy atom. The Morgan fingerprint density at radius 2 is 1.95 bits per heavy atom. The van der Waals surface area contributed by atoms with Crippen LogP contribution in [-0.2, 0) is 0 Å². The number of rotatable bonds is 3. The highest BCUT2D eigenvalue weighted by Crippen LogP contribution is 2.26. The van der Waals surface area contributed by atoms with Crippen molar-refractivity contribution in [1.82, 2.24) is 9.97 Å². The lowest BCUT2D eigenvalue weighted by Crippen LogP contribution is -2.17. The third kappa shape index (κ3) is 4.37. The molecule has 0 radical (unpaired) electrons. The summed E-state index contributed by atoms with van der Waals surface area (Å²) < 4.78 is 40.8. The SMILES string of the molecule is Cc1nc(Br)cc(Nc2cccc(OC(F)(F)F)c2)n1. The molecule has 0 saturated heterocycles. The molecule has 0 spiro atoms. The molecule has 1 aromatic carbocycles. The van der Waals surface area contributed by atoms with Crippen molar-refractivity contribution >= 4 is 27.4 Å². The number of hydrogen-bond acceptors (Lipinski definition) is 4. The van der Waals surface area contributed by atoms with Gasteiger partial charge in [0.05, 0.1) is 0 Å². The second kappa shape index (κ2) is 5.66. The van der Waals surface area contributed by atoms with E-state index in [0.717, 1.165) is 0 Å². The fraction of sp³-hybridized carbons (Fsp3) is 0.167. The van der Waals surface area contributed by atoms with Crippen LogP contribution in [0.25, 0.3) is 0 Å². The molecular formula is C12H9BrF3N3O. The Balaban J connectivity index is 2.19. The molecule has 1 aromatic heterocycles. The smallest absolute Gasteiger partial charge is 0.406 e. The maximum atomic E-state index is 12.1. The lowest BCUT2D eigenvalue weighted by molar-refractivity contribution is -0.274. The van der Waals surface area contributed by atoms with Gasteiger partial charge in [-0.05, 0) is 35.0 Å². The molecule has 0 unspecified atom stereocenters.